The van der Waals surface area contributed by atoms with Gasteiger partial charge in [0.1, 0.15) is 11.3 Å². The molecule has 1 atom stereocenters. The molecule has 2 aromatic carbocycles. The molecule has 118 valence electrons. The van der Waals surface area contributed by atoms with E-state index < -0.39 is 11.6 Å². The number of hydrogen-bond donors (Lipinski definition) is 1. The first-order valence-electron chi connectivity index (χ1n) is 7.55. The molecule has 3 amide bonds. The maximum absolute atomic E-state index is 12.8. The van der Waals surface area contributed by atoms with Crippen LogP contribution in [-0.2, 0) is 15.1 Å². The Hall–Kier alpha value is -2.69. The average molecular weight is 310 g/mol. The summed E-state index contributed by atoms with van der Waals surface area (Å²) >= 11 is 0. The van der Waals surface area contributed by atoms with Gasteiger partial charge < -0.3 is 5.32 Å². The topological polar surface area (TPSA) is 66.5 Å². The van der Waals surface area contributed by atoms with Gasteiger partial charge in [-0.15, -0.1) is 0 Å². The summed E-state index contributed by atoms with van der Waals surface area (Å²) in [6, 6.07) is 13.0. The van der Waals surface area contributed by atoms with Gasteiger partial charge in [-0.3, -0.25) is 14.5 Å². The van der Waals surface area contributed by atoms with E-state index in [9.17, 15) is 14.4 Å². The van der Waals surface area contributed by atoms with E-state index in [0.717, 1.165) is 21.2 Å². The van der Waals surface area contributed by atoms with Crippen LogP contribution in [0.3, 0.4) is 0 Å². The van der Waals surface area contributed by atoms with Crippen LogP contribution in [0.5, 0.6) is 0 Å². The molecule has 0 bridgehead atoms. The van der Waals surface area contributed by atoms with E-state index in [1.807, 2.05) is 42.5 Å². The van der Waals surface area contributed by atoms with Gasteiger partial charge in [-0.1, -0.05) is 42.5 Å². The third kappa shape index (κ3) is 2.48. The molecular weight excluding hydrogens is 292 g/mol. The molecule has 23 heavy (non-hydrogen) atoms. The molecule has 0 aromatic heterocycles. The van der Waals surface area contributed by atoms with Crippen molar-refractivity contribution in [3.63, 3.8) is 0 Å². The lowest BCUT2D eigenvalue weighted by Gasteiger charge is -2.24. The van der Waals surface area contributed by atoms with E-state index in [-0.39, 0.29) is 24.7 Å². The zero-order valence-electron chi connectivity index (χ0n) is 13.1. The van der Waals surface area contributed by atoms with Gasteiger partial charge in [-0.25, -0.2) is 4.79 Å². The fraction of sp³-hybridized carbons (Fsp3) is 0.278. The van der Waals surface area contributed by atoms with Crippen molar-refractivity contribution in [1.29, 1.82) is 0 Å². The third-order valence-corrected chi connectivity index (χ3v) is 4.29. The van der Waals surface area contributed by atoms with Gasteiger partial charge >= 0.3 is 6.03 Å². The molecular formula is C18H18N2O3. The van der Waals surface area contributed by atoms with Gasteiger partial charge in [0, 0.05) is 13.0 Å². The number of carbonyl (C=O) groups is 3. The van der Waals surface area contributed by atoms with Crippen LogP contribution in [0.2, 0.25) is 0 Å². The maximum Gasteiger partial charge on any atom is 0.325 e. The van der Waals surface area contributed by atoms with Crippen LogP contribution in [0.15, 0.2) is 42.5 Å². The van der Waals surface area contributed by atoms with Crippen molar-refractivity contribution in [2.24, 2.45) is 0 Å². The average Bonchev–Trinajstić information content (AvgIpc) is 2.75. The second-order valence-electron chi connectivity index (χ2n) is 5.99. The van der Waals surface area contributed by atoms with E-state index in [1.54, 1.807) is 6.92 Å². The van der Waals surface area contributed by atoms with Crippen molar-refractivity contribution < 1.29 is 14.4 Å². The van der Waals surface area contributed by atoms with Crippen LogP contribution in [0.1, 0.15) is 25.8 Å². The summed E-state index contributed by atoms with van der Waals surface area (Å²) in [4.78, 5) is 37.3. The molecule has 1 N–H and O–H groups in total. The minimum absolute atomic E-state index is 0.0515. The monoisotopic (exact) mass is 310 g/mol. The summed E-state index contributed by atoms with van der Waals surface area (Å²) in [5, 5.41) is 4.73. The highest BCUT2D eigenvalue weighted by molar-refractivity contribution is 6.09. The summed E-state index contributed by atoms with van der Waals surface area (Å²) in [5.41, 5.74) is -0.353. The summed E-state index contributed by atoms with van der Waals surface area (Å²) < 4.78 is 0. The number of amides is 3. The minimum atomic E-state index is -1.12. The minimum Gasteiger partial charge on any atom is -0.319 e. The number of imide groups is 1. The molecule has 5 nitrogen and oxygen atoms in total. The Bertz CT molecular complexity index is 810. The fourth-order valence-electron chi connectivity index (χ4n) is 3.01. The number of urea groups is 1. The lowest BCUT2D eigenvalue weighted by atomic mass is 9.88. The highest BCUT2D eigenvalue weighted by Crippen LogP contribution is 2.33. The van der Waals surface area contributed by atoms with Crippen molar-refractivity contribution in [1.82, 2.24) is 10.2 Å². The SMILES string of the molecule is CC(=O)CCN1C(=O)NC(C)(c2cccc3ccccc23)C1=O. The molecule has 3 rings (SSSR count). The summed E-state index contributed by atoms with van der Waals surface area (Å²) in [5.74, 6) is -0.371. The van der Waals surface area contributed by atoms with Crippen LogP contribution in [-0.4, -0.2) is 29.2 Å². The highest BCUT2D eigenvalue weighted by atomic mass is 16.2. The first-order chi connectivity index (χ1) is 10.9. The summed E-state index contributed by atoms with van der Waals surface area (Å²) in [6.07, 6.45) is 0.171. The van der Waals surface area contributed by atoms with Crippen molar-refractivity contribution >= 4 is 28.5 Å². The molecule has 5 heteroatoms. The smallest absolute Gasteiger partial charge is 0.319 e. The molecule has 0 aliphatic carbocycles. The van der Waals surface area contributed by atoms with Crippen LogP contribution in [0, 0.1) is 0 Å². The predicted octanol–water partition coefficient (Wildman–Crippen LogP) is 2.59. The van der Waals surface area contributed by atoms with Gasteiger partial charge in [0.2, 0.25) is 0 Å². The van der Waals surface area contributed by atoms with Gasteiger partial charge in [0.25, 0.3) is 5.91 Å². The number of nitrogens with zero attached hydrogens (tertiary/aromatic N) is 1. The van der Waals surface area contributed by atoms with Crippen molar-refractivity contribution in [2.45, 2.75) is 25.8 Å². The number of carbonyl (C=O) groups excluding carboxylic acids is 3. The molecule has 1 unspecified atom stereocenters. The molecule has 1 saturated heterocycles. The van der Waals surface area contributed by atoms with Crippen molar-refractivity contribution in [3.8, 4) is 0 Å². The van der Waals surface area contributed by atoms with E-state index >= 15 is 0 Å². The number of nitrogens with one attached hydrogen (secondary N) is 1. The Morgan fingerprint density at radius 3 is 2.57 bits per heavy atom. The Labute approximate surface area is 134 Å². The predicted molar refractivity (Wildman–Crippen MR) is 86.8 cm³/mol. The third-order valence-electron chi connectivity index (χ3n) is 4.29. The quantitative estimate of drug-likeness (QED) is 0.883. The number of ketones is 1. The largest absolute Gasteiger partial charge is 0.325 e. The van der Waals surface area contributed by atoms with Gasteiger partial charge in [-0.05, 0) is 30.2 Å². The molecule has 0 saturated carbocycles. The van der Waals surface area contributed by atoms with E-state index in [2.05, 4.69) is 5.32 Å². The summed E-state index contributed by atoms with van der Waals surface area (Å²) in [6.45, 7) is 3.27. The molecule has 0 radical (unpaired) electrons. The lowest BCUT2D eigenvalue weighted by Crippen LogP contribution is -2.41. The normalized spacial score (nSPS) is 20.9. The molecule has 1 fully saturated rings. The van der Waals surface area contributed by atoms with Crippen molar-refractivity contribution in [3.05, 3.63) is 48.0 Å². The second kappa shape index (κ2) is 5.50. The molecule has 0 spiro atoms. The number of rotatable bonds is 4. The molecule has 2 aromatic rings. The highest BCUT2D eigenvalue weighted by Gasteiger charge is 2.49. The van der Waals surface area contributed by atoms with Gasteiger partial charge in [0.15, 0.2) is 0 Å². The first-order valence-corrected chi connectivity index (χ1v) is 7.55. The zero-order valence-corrected chi connectivity index (χ0v) is 13.1. The molecule has 1 heterocycles. The Balaban J connectivity index is 2.03. The molecule has 1 aliphatic heterocycles. The zero-order chi connectivity index (χ0) is 16.6. The Kier molecular flexibility index (Phi) is 3.64. The maximum atomic E-state index is 12.8. The second-order valence-corrected chi connectivity index (χ2v) is 5.99. The Morgan fingerprint density at radius 2 is 1.83 bits per heavy atom. The van der Waals surface area contributed by atoms with Crippen molar-refractivity contribution in [2.75, 3.05) is 6.54 Å². The molecule has 1 aliphatic rings. The first kappa shape index (κ1) is 15.2. The van der Waals surface area contributed by atoms with Crippen LogP contribution in [0.4, 0.5) is 4.79 Å². The van der Waals surface area contributed by atoms with E-state index in [0.29, 0.717) is 0 Å². The number of benzene rings is 2. The van der Waals surface area contributed by atoms with Gasteiger partial charge in [-0.2, -0.15) is 0 Å². The lowest BCUT2D eigenvalue weighted by molar-refractivity contribution is -0.131. The van der Waals surface area contributed by atoms with Gasteiger partial charge in [0.05, 0.1) is 0 Å². The fourth-order valence-corrected chi connectivity index (χ4v) is 3.01. The van der Waals surface area contributed by atoms with E-state index in [1.165, 1.54) is 6.92 Å². The number of fused-ring (bicyclic) bond motifs is 1. The van der Waals surface area contributed by atoms with Crippen LogP contribution in [0.25, 0.3) is 10.8 Å². The summed E-state index contributed by atoms with van der Waals surface area (Å²) in [7, 11) is 0. The number of Topliss-reactive ketones (excluding diaryl/α,β-unsaturated/α-hetero) is 1. The standard InChI is InChI=1S/C18H18N2O3/c1-12(21)10-11-20-16(22)18(2,19-17(20)23)15-9-5-7-13-6-3-4-8-14(13)15/h3-9H,10-11H2,1-2H3,(H,19,23). The van der Waals surface area contributed by atoms with E-state index in [4.69, 9.17) is 0 Å². The Morgan fingerprint density at radius 1 is 1.13 bits per heavy atom. The number of hydrogen-bond acceptors (Lipinski definition) is 3. The van der Waals surface area contributed by atoms with Crippen LogP contribution >= 0.6 is 0 Å². The van der Waals surface area contributed by atoms with Crippen LogP contribution < -0.4 is 5.32 Å².